The van der Waals surface area contributed by atoms with Gasteiger partial charge in [0.2, 0.25) is 0 Å². The Morgan fingerprint density at radius 2 is 1.94 bits per heavy atom. The maximum Gasteiger partial charge on any atom is 0.412 e. The van der Waals surface area contributed by atoms with E-state index in [2.05, 4.69) is 11.4 Å². The van der Waals surface area contributed by atoms with Crippen molar-refractivity contribution in [3.05, 3.63) is 23.3 Å². The maximum absolute atomic E-state index is 13.1. The van der Waals surface area contributed by atoms with Gasteiger partial charge in [0.15, 0.2) is 0 Å². The fourth-order valence-electron chi connectivity index (χ4n) is 5.62. The molecule has 0 radical (unpaired) electrons. The average Bonchev–Trinajstić information content (AvgIpc) is 3.10. The van der Waals surface area contributed by atoms with Crippen molar-refractivity contribution in [2.24, 2.45) is 33.5 Å². The van der Waals surface area contributed by atoms with Gasteiger partial charge in [0.05, 0.1) is 24.0 Å². The number of alkyl halides is 3. The molecule has 0 amide bonds. The largest absolute Gasteiger partial charge is 0.412 e. The van der Waals surface area contributed by atoms with E-state index in [0.29, 0.717) is 5.92 Å². The Labute approximate surface area is 181 Å². The second-order valence-electron chi connectivity index (χ2n) is 9.63. The van der Waals surface area contributed by atoms with Crippen molar-refractivity contribution in [1.29, 1.82) is 0 Å². The number of nitrogens with two attached hydrogens (primary N) is 1. The van der Waals surface area contributed by atoms with Crippen molar-refractivity contribution < 1.29 is 18.3 Å². The summed E-state index contributed by atoms with van der Waals surface area (Å²) < 4.78 is 39.4. The summed E-state index contributed by atoms with van der Waals surface area (Å²) in [6, 6.07) is -0.799. The molecule has 0 aromatic heterocycles. The molecule has 31 heavy (non-hydrogen) atoms. The zero-order chi connectivity index (χ0) is 22.3. The van der Waals surface area contributed by atoms with Crippen LogP contribution in [0.3, 0.4) is 0 Å². The second kappa shape index (κ2) is 8.70. The van der Waals surface area contributed by atoms with E-state index in [9.17, 15) is 18.3 Å². The van der Waals surface area contributed by atoms with Gasteiger partial charge in [-0.15, -0.1) is 0 Å². The Kier molecular flexibility index (Phi) is 6.32. The second-order valence-corrected chi connectivity index (χ2v) is 9.63. The fraction of sp³-hybridized carbons (Fsp3) is 0.739. The number of amidine groups is 2. The molecule has 1 aliphatic heterocycles. The molecule has 5 nitrogen and oxygen atoms in total. The Morgan fingerprint density at radius 3 is 2.58 bits per heavy atom. The molecule has 5 unspecified atom stereocenters. The number of rotatable bonds is 3. The van der Waals surface area contributed by atoms with Crippen molar-refractivity contribution in [2.45, 2.75) is 89.2 Å². The van der Waals surface area contributed by atoms with Gasteiger partial charge in [-0.2, -0.15) is 13.2 Å². The molecule has 172 valence electrons. The highest BCUT2D eigenvalue weighted by atomic mass is 19.4. The first-order valence-electron chi connectivity index (χ1n) is 11.4. The molecule has 0 spiro atoms. The number of halogens is 3. The number of aliphatic hydroxyl groups excluding tert-OH is 1. The predicted octanol–water partition coefficient (Wildman–Crippen LogP) is 3.89. The van der Waals surface area contributed by atoms with Crippen LogP contribution < -0.4 is 11.1 Å². The van der Waals surface area contributed by atoms with Gasteiger partial charge in [-0.25, -0.2) is 0 Å². The van der Waals surface area contributed by atoms with E-state index in [1.807, 2.05) is 13.8 Å². The van der Waals surface area contributed by atoms with E-state index in [-0.39, 0.29) is 30.5 Å². The van der Waals surface area contributed by atoms with Crippen LogP contribution in [0.5, 0.6) is 0 Å². The van der Waals surface area contributed by atoms with Gasteiger partial charge in [-0.3, -0.25) is 9.98 Å². The molecule has 3 aliphatic carbocycles. The molecule has 4 aliphatic rings. The van der Waals surface area contributed by atoms with Gasteiger partial charge < -0.3 is 16.2 Å². The van der Waals surface area contributed by atoms with Crippen LogP contribution in [-0.2, 0) is 0 Å². The smallest absolute Gasteiger partial charge is 0.393 e. The van der Waals surface area contributed by atoms with Crippen LogP contribution in [-0.4, -0.2) is 47.2 Å². The Bertz CT molecular complexity index is 808. The Morgan fingerprint density at radius 1 is 1.23 bits per heavy atom. The van der Waals surface area contributed by atoms with E-state index in [4.69, 9.17) is 15.7 Å². The van der Waals surface area contributed by atoms with Gasteiger partial charge in [0, 0.05) is 23.5 Å². The summed E-state index contributed by atoms with van der Waals surface area (Å²) >= 11 is 0. The van der Waals surface area contributed by atoms with Gasteiger partial charge in [0.1, 0.15) is 5.84 Å². The summed E-state index contributed by atoms with van der Waals surface area (Å²) in [5, 5.41) is 13.1. The number of aliphatic imine (C=N–C) groups is 2. The van der Waals surface area contributed by atoms with Crippen LogP contribution in [0.2, 0.25) is 0 Å². The molecule has 4 N–H and O–H groups in total. The third-order valence-electron chi connectivity index (χ3n) is 7.39. The number of fused-ring (bicyclic) bond motifs is 1. The monoisotopic (exact) mass is 438 g/mol. The summed E-state index contributed by atoms with van der Waals surface area (Å²) in [7, 11) is 0. The molecule has 1 saturated carbocycles. The van der Waals surface area contributed by atoms with E-state index in [1.54, 1.807) is 0 Å². The van der Waals surface area contributed by atoms with Crippen LogP contribution in [0.15, 0.2) is 33.3 Å². The Balaban J connectivity index is 1.52. The number of nitrogens with one attached hydrogen (secondary N) is 1. The third-order valence-corrected chi connectivity index (χ3v) is 7.39. The molecule has 0 aromatic carbocycles. The fourth-order valence-corrected chi connectivity index (χ4v) is 5.62. The molecule has 8 heteroatoms. The molecular weight excluding hydrogens is 405 g/mol. The maximum atomic E-state index is 13.1. The van der Waals surface area contributed by atoms with Gasteiger partial charge >= 0.3 is 6.18 Å². The quantitative estimate of drug-likeness (QED) is 0.585. The van der Waals surface area contributed by atoms with Crippen LogP contribution in [0.25, 0.3) is 0 Å². The van der Waals surface area contributed by atoms with Crippen molar-refractivity contribution in [1.82, 2.24) is 5.32 Å². The van der Waals surface area contributed by atoms with Crippen LogP contribution in [0.1, 0.15) is 58.8 Å². The lowest BCUT2D eigenvalue weighted by atomic mass is 9.74. The van der Waals surface area contributed by atoms with Gasteiger partial charge in [-0.05, 0) is 64.7 Å². The van der Waals surface area contributed by atoms with Crippen LogP contribution in [0, 0.1) is 17.8 Å². The topological polar surface area (TPSA) is 83.0 Å². The number of allylic oxidation sites excluding steroid dienone is 1. The first kappa shape index (κ1) is 22.5. The molecule has 0 saturated heterocycles. The van der Waals surface area contributed by atoms with Crippen molar-refractivity contribution >= 4 is 11.7 Å². The highest BCUT2D eigenvalue weighted by Crippen LogP contribution is 2.40. The summed E-state index contributed by atoms with van der Waals surface area (Å²) in [6.45, 7) is 3.76. The number of aliphatic hydroxyl groups is 1. The normalized spacial score (nSPS) is 38.7. The predicted molar refractivity (Wildman–Crippen MR) is 116 cm³/mol. The molecule has 5 atom stereocenters. The SMILES string of the molecule is CC1=NC2CC=C(C3CCC(O)CC3)CC2C(=NC(C)C2C=C(C(F)(F)F)CC2N)N1. The van der Waals surface area contributed by atoms with Crippen molar-refractivity contribution in [3.63, 3.8) is 0 Å². The van der Waals surface area contributed by atoms with Crippen LogP contribution >= 0.6 is 0 Å². The minimum atomic E-state index is -4.33. The zero-order valence-corrected chi connectivity index (χ0v) is 18.2. The van der Waals surface area contributed by atoms with Crippen molar-refractivity contribution in [2.75, 3.05) is 0 Å². The molecular formula is C23H33F3N4O. The summed E-state index contributed by atoms with van der Waals surface area (Å²) in [5.41, 5.74) is 6.95. The first-order chi connectivity index (χ1) is 14.6. The van der Waals surface area contributed by atoms with E-state index >= 15 is 0 Å². The minimum absolute atomic E-state index is 0.113. The van der Waals surface area contributed by atoms with E-state index < -0.39 is 23.7 Å². The molecule has 4 rings (SSSR count). The molecule has 1 heterocycles. The summed E-state index contributed by atoms with van der Waals surface area (Å²) in [5.74, 6) is 1.80. The Hall–Kier alpha value is -1.67. The summed E-state index contributed by atoms with van der Waals surface area (Å²) in [6.07, 6.45) is 4.35. The molecule has 0 aromatic rings. The third kappa shape index (κ3) is 4.90. The lowest BCUT2D eigenvalue weighted by Crippen LogP contribution is -2.47. The first-order valence-corrected chi connectivity index (χ1v) is 11.4. The van der Waals surface area contributed by atoms with Gasteiger partial charge in [-0.1, -0.05) is 17.7 Å². The number of hydrogen-bond donors (Lipinski definition) is 3. The highest BCUT2D eigenvalue weighted by molar-refractivity contribution is 6.03. The number of nitrogens with zero attached hydrogens (tertiary/aromatic N) is 2. The highest BCUT2D eigenvalue weighted by Gasteiger charge is 2.42. The lowest BCUT2D eigenvalue weighted by Gasteiger charge is -2.38. The van der Waals surface area contributed by atoms with Gasteiger partial charge in [0.25, 0.3) is 0 Å². The number of hydrogen-bond acceptors (Lipinski definition) is 4. The lowest BCUT2D eigenvalue weighted by molar-refractivity contribution is -0.0933. The van der Waals surface area contributed by atoms with E-state index in [1.165, 1.54) is 11.6 Å². The molecule has 0 bridgehead atoms. The summed E-state index contributed by atoms with van der Waals surface area (Å²) in [4.78, 5) is 9.64. The van der Waals surface area contributed by atoms with E-state index in [0.717, 1.165) is 50.2 Å². The molecule has 1 fully saturated rings. The standard InChI is InChI=1S/C23H33F3N4O/c1-12(18-10-16(11-20(18)27)23(24,25)26)28-22-19-9-15(14-3-6-17(31)7-4-14)5-8-21(19)29-13(2)30-22/h5,10,12,14,17-21,31H,3-4,6-9,11,27H2,1-2H3,(H,28,29,30). The zero-order valence-electron chi connectivity index (χ0n) is 18.2. The van der Waals surface area contributed by atoms with Crippen molar-refractivity contribution in [3.8, 4) is 0 Å². The average molecular weight is 439 g/mol. The van der Waals surface area contributed by atoms with Crippen LogP contribution in [0.4, 0.5) is 13.2 Å². The minimum Gasteiger partial charge on any atom is -0.393 e.